The molecule has 0 aromatic carbocycles. The van der Waals surface area contributed by atoms with Crippen LogP contribution in [0.4, 0.5) is 0 Å². The van der Waals surface area contributed by atoms with Gasteiger partial charge in [0.15, 0.2) is 6.29 Å². The average Bonchev–Trinajstić information content (AvgIpc) is 2.77. The summed E-state index contributed by atoms with van der Waals surface area (Å²) in [5.41, 5.74) is 5.26. The van der Waals surface area contributed by atoms with E-state index in [1.165, 1.54) is 7.05 Å². The zero-order valence-corrected chi connectivity index (χ0v) is 20.6. The molecule has 1 saturated heterocycles. The molecule has 1 unspecified atom stereocenters. The number of carboxylic acid groups (broad SMARTS) is 1. The molecule has 1 aliphatic rings. The minimum absolute atomic E-state index is 0.234. The minimum Gasteiger partial charge on any atom is -0.481 e. The van der Waals surface area contributed by atoms with Crippen LogP contribution < -0.4 is 16.4 Å². The Morgan fingerprint density at radius 1 is 1.17 bits per heavy atom. The molecule has 206 valence electrons. The van der Waals surface area contributed by atoms with E-state index in [2.05, 4.69) is 10.6 Å². The molecule has 0 aliphatic carbocycles. The molecule has 8 N–H and O–H groups in total. The number of hydrogen-bond donors (Lipinski definition) is 7. The molecule has 0 saturated carbocycles. The van der Waals surface area contributed by atoms with Gasteiger partial charge in [0.25, 0.3) is 0 Å². The van der Waals surface area contributed by atoms with Crippen molar-refractivity contribution < 1.29 is 53.9 Å². The highest BCUT2D eigenvalue weighted by atomic mass is 16.6. The van der Waals surface area contributed by atoms with Crippen LogP contribution in [0.15, 0.2) is 0 Å². The molecule has 0 bridgehead atoms. The third kappa shape index (κ3) is 8.67. The molecule has 0 aromatic rings. The van der Waals surface area contributed by atoms with Gasteiger partial charge in [-0.2, -0.15) is 0 Å². The van der Waals surface area contributed by atoms with Crippen LogP contribution >= 0.6 is 0 Å². The van der Waals surface area contributed by atoms with Crippen LogP contribution in [0.1, 0.15) is 33.6 Å². The Kier molecular flexibility index (Phi) is 12.2. The van der Waals surface area contributed by atoms with E-state index >= 15 is 0 Å². The fourth-order valence-corrected chi connectivity index (χ4v) is 3.83. The van der Waals surface area contributed by atoms with Crippen LogP contribution in [0.2, 0.25) is 0 Å². The quantitative estimate of drug-likeness (QED) is 0.124. The Balaban J connectivity index is 2.96. The first-order valence-corrected chi connectivity index (χ1v) is 11.3. The largest absolute Gasteiger partial charge is 0.481 e. The Bertz CT molecular complexity index is 809. The first-order valence-electron chi connectivity index (χ1n) is 11.3. The molecule has 15 heteroatoms. The second-order valence-corrected chi connectivity index (χ2v) is 8.83. The molecule has 1 rings (SSSR count). The van der Waals surface area contributed by atoms with Crippen molar-refractivity contribution in [1.82, 2.24) is 15.5 Å². The number of aliphatic hydroxyl groups excluding tert-OH is 3. The third-order valence-electron chi connectivity index (χ3n) is 5.66. The molecule has 36 heavy (non-hydrogen) atoms. The van der Waals surface area contributed by atoms with E-state index in [1.54, 1.807) is 13.8 Å². The van der Waals surface area contributed by atoms with Gasteiger partial charge < -0.3 is 51.2 Å². The van der Waals surface area contributed by atoms with Crippen molar-refractivity contribution in [2.45, 2.75) is 76.3 Å². The maximum absolute atomic E-state index is 12.9. The van der Waals surface area contributed by atoms with E-state index in [9.17, 15) is 39.3 Å². The summed E-state index contributed by atoms with van der Waals surface area (Å²) in [6.07, 6.45) is -6.38. The van der Waals surface area contributed by atoms with Gasteiger partial charge in [-0.3, -0.25) is 24.0 Å². The molecule has 1 heterocycles. The molecule has 0 radical (unpaired) electrons. The summed E-state index contributed by atoms with van der Waals surface area (Å²) in [7, 11) is 1.31. The summed E-state index contributed by atoms with van der Waals surface area (Å²) in [5.74, 6) is -4.60. The number of likely N-dealkylation sites (N-methyl/N-ethyl adjacent to an activating group) is 1. The summed E-state index contributed by atoms with van der Waals surface area (Å²) in [6, 6.07) is -3.62. The van der Waals surface area contributed by atoms with Crippen molar-refractivity contribution in [2.24, 2.45) is 11.7 Å². The number of primary amides is 1. The third-order valence-corrected chi connectivity index (χ3v) is 5.66. The van der Waals surface area contributed by atoms with Gasteiger partial charge in [0.1, 0.15) is 43.0 Å². The number of ether oxygens (including phenoxy) is 2. The number of amides is 4. The second kappa shape index (κ2) is 14.0. The topological polar surface area (TPSA) is 238 Å². The lowest BCUT2D eigenvalue weighted by atomic mass is 9.96. The van der Waals surface area contributed by atoms with Crippen LogP contribution in [-0.4, -0.2) is 118 Å². The number of aliphatic carboxylic acids is 1. The van der Waals surface area contributed by atoms with Crippen LogP contribution in [0.5, 0.6) is 0 Å². The van der Waals surface area contributed by atoms with Crippen LogP contribution in [-0.2, 0) is 33.4 Å². The number of nitrogens with zero attached hydrogens (tertiary/aromatic N) is 1. The van der Waals surface area contributed by atoms with Gasteiger partial charge in [-0.1, -0.05) is 13.8 Å². The zero-order valence-electron chi connectivity index (χ0n) is 20.6. The van der Waals surface area contributed by atoms with Crippen molar-refractivity contribution in [3.8, 4) is 0 Å². The SMILES string of the molecule is CC(=O)N[C@@H]1[C@@H](OCC(=O)N(C)C(C(=O)N[C@H](CCC(=O)O)C(N)=O)C(C)C)[C@H](O)[C@@H](CO)O[C@H]1O. The van der Waals surface area contributed by atoms with Gasteiger partial charge in [-0.15, -0.1) is 0 Å². The van der Waals surface area contributed by atoms with E-state index in [0.717, 1.165) is 11.8 Å². The summed E-state index contributed by atoms with van der Waals surface area (Å²) in [6.45, 7) is 3.09. The normalized spacial score (nSPS) is 25.5. The van der Waals surface area contributed by atoms with Gasteiger partial charge >= 0.3 is 5.97 Å². The smallest absolute Gasteiger partial charge is 0.303 e. The Labute approximate surface area is 207 Å². The van der Waals surface area contributed by atoms with Crippen molar-refractivity contribution in [3.05, 3.63) is 0 Å². The highest BCUT2D eigenvalue weighted by molar-refractivity contribution is 5.92. The maximum atomic E-state index is 12.9. The van der Waals surface area contributed by atoms with Crippen LogP contribution in [0.25, 0.3) is 0 Å². The standard InChI is InChI=1S/C21H36N4O11/c1-9(2)16(20(33)24-11(19(22)32)5-6-14(29)30)25(4)13(28)8-35-18-15(23-10(3)27)21(34)36-12(7-26)17(18)31/h9,11-12,15-18,21,26,31,34H,5-8H2,1-4H3,(H2,22,32)(H,23,27)(H,24,33)(H,29,30)/t11-,12-,15-,16?,17-,18-,21-/m1/s1. The molecule has 15 nitrogen and oxygen atoms in total. The van der Waals surface area contributed by atoms with Gasteiger partial charge in [0, 0.05) is 20.4 Å². The molecule has 4 amide bonds. The fourth-order valence-electron chi connectivity index (χ4n) is 3.83. The van der Waals surface area contributed by atoms with Gasteiger partial charge in [0.2, 0.25) is 23.6 Å². The van der Waals surface area contributed by atoms with Gasteiger partial charge in [0.05, 0.1) is 6.61 Å². The summed E-state index contributed by atoms with van der Waals surface area (Å²) in [5, 5.41) is 43.6. The monoisotopic (exact) mass is 520 g/mol. The molecule has 0 aromatic heterocycles. The van der Waals surface area contributed by atoms with Crippen LogP contribution in [0.3, 0.4) is 0 Å². The van der Waals surface area contributed by atoms with Crippen molar-refractivity contribution >= 4 is 29.6 Å². The highest BCUT2D eigenvalue weighted by Crippen LogP contribution is 2.23. The van der Waals surface area contributed by atoms with E-state index in [-0.39, 0.29) is 6.42 Å². The minimum atomic E-state index is -1.64. The molecular formula is C21H36N4O11. The number of hydrogen-bond acceptors (Lipinski definition) is 10. The molecule has 1 aliphatic heterocycles. The second-order valence-electron chi connectivity index (χ2n) is 8.83. The van der Waals surface area contributed by atoms with E-state index in [1.807, 2.05) is 0 Å². The number of carbonyl (C=O) groups is 5. The Hall–Kier alpha value is -2.85. The number of carbonyl (C=O) groups excluding carboxylic acids is 4. The predicted molar refractivity (Wildman–Crippen MR) is 121 cm³/mol. The first kappa shape index (κ1) is 31.2. The Morgan fingerprint density at radius 2 is 1.78 bits per heavy atom. The zero-order chi connectivity index (χ0) is 27.7. The lowest BCUT2D eigenvalue weighted by Gasteiger charge is -2.42. The Morgan fingerprint density at radius 3 is 2.25 bits per heavy atom. The molecule has 7 atom stereocenters. The van der Waals surface area contributed by atoms with Crippen molar-refractivity contribution in [2.75, 3.05) is 20.3 Å². The lowest BCUT2D eigenvalue weighted by molar-refractivity contribution is -0.261. The summed E-state index contributed by atoms with van der Waals surface area (Å²) in [4.78, 5) is 60.8. The first-order chi connectivity index (χ1) is 16.7. The average molecular weight is 521 g/mol. The molecule has 0 spiro atoms. The number of carboxylic acids is 1. The number of nitrogens with one attached hydrogen (secondary N) is 2. The lowest BCUT2D eigenvalue weighted by Crippen LogP contribution is -2.65. The van der Waals surface area contributed by atoms with Crippen LogP contribution in [0, 0.1) is 5.92 Å². The number of rotatable bonds is 13. The predicted octanol–water partition coefficient (Wildman–Crippen LogP) is -3.74. The molecule has 1 fully saturated rings. The van der Waals surface area contributed by atoms with E-state index in [0.29, 0.717) is 0 Å². The van der Waals surface area contributed by atoms with E-state index in [4.69, 9.17) is 20.3 Å². The maximum Gasteiger partial charge on any atom is 0.303 e. The summed E-state index contributed by atoms with van der Waals surface area (Å²) >= 11 is 0. The summed E-state index contributed by atoms with van der Waals surface area (Å²) < 4.78 is 10.6. The van der Waals surface area contributed by atoms with Crippen molar-refractivity contribution in [3.63, 3.8) is 0 Å². The van der Waals surface area contributed by atoms with Crippen molar-refractivity contribution in [1.29, 1.82) is 0 Å². The molecular weight excluding hydrogens is 484 g/mol. The van der Waals surface area contributed by atoms with E-state index < -0.39 is 97.9 Å². The number of nitrogens with two attached hydrogens (primary N) is 1. The van der Waals surface area contributed by atoms with Gasteiger partial charge in [-0.05, 0) is 12.3 Å². The highest BCUT2D eigenvalue weighted by Gasteiger charge is 2.46. The number of aliphatic hydroxyl groups is 3. The van der Waals surface area contributed by atoms with Gasteiger partial charge in [-0.25, -0.2) is 0 Å². The fraction of sp³-hybridized carbons (Fsp3) is 0.762.